The number of amides is 1. The molecule has 0 atom stereocenters. The number of alkyl halides is 2. The molecule has 1 heterocycles. The molecular weight excluding hydrogens is 224 g/mol. The molecule has 2 N–H and O–H groups in total. The average Bonchev–Trinajstić information content (AvgIpc) is 2.15. The lowest BCUT2D eigenvalue weighted by molar-refractivity contribution is -0.390. The average molecular weight is 231 g/mol. The highest BCUT2D eigenvalue weighted by Crippen LogP contribution is 2.28. The van der Waals surface area contributed by atoms with E-state index in [1.165, 1.54) is 6.92 Å². The number of hydrogen-bond donors (Lipinski definition) is 1. The normalized spacial score (nSPS) is 10.5. The third-order valence-electron chi connectivity index (χ3n) is 1.81. The van der Waals surface area contributed by atoms with E-state index in [9.17, 15) is 23.7 Å². The summed E-state index contributed by atoms with van der Waals surface area (Å²) in [5, 5.41) is 10.5. The van der Waals surface area contributed by atoms with Crippen LogP contribution in [0, 0.1) is 17.0 Å². The molecule has 1 rings (SSSR count). The van der Waals surface area contributed by atoms with E-state index >= 15 is 0 Å². The molecule has 0 aliphatic heterocycles. The third kappa shape index (κ3) is 2.10. The van der Waals surface area contributed by atoms with Crippen LogP contribution < -0.4 is 5.73 Å². The van der Waals surface area contributed by atoms with Crippen molar-refractivity contribution in [2.45, 2.75) is 13.3 Å². The van der Waals surface area contributed by atoms with Gasteiger partial charge in [-0.05, 0) is 16.0 Å². The summed E-state index contributed by atoms with van der Waals surface area (Å²) >= 11 is 0. The number of pyridine rings is 1. The van der Waals surface area contributed by atoms with Gasteiger partial charge < -0.3 is 15.8 Å². The van der Waals surface area contributed by atoms with Crippen LogP contribution in [0.15, 0.2) is 6.07 Å². The molecule has 0 radical (unpaired) electrons. The lowest BCUT2D eigenvalue weighted by atomic mass is 10.1. The summed E-state index contributed by atoms with van der Waals surface area (Å²) in [7, 11) is 0. The van der Waals surface area contributed by atoms with Crippen LogP contribution in [0.3, 0.4) is 0 Å². The van der Waals surface area contributed by atoms with Crippen molar-refractivity contribution in [1.29, 1.82) is 0 Å². The molecular formula is C8H7F2N3O3. The Morgan fingerprint density at radius 3 is 2.56 bits per heavy atom. The minimum Gasteiger partial charge on any atom is -0.365 e. The van der Waals surface area contributed by atoms with E-state index in [0.29, 0.717) is 0 Å². The number of carbonyl (C=O) groups is 1. The van der Waals surface area contributed by atoms with Crippen LogP contribution in [0.4, 0.5) is 14.6 Å². The second kappa shape index (κ2) is 4.17. The second-order valence-electron chi connectivity index (χ2n) is 2.97. The first-order chi connectivity index (χ1) is 7.34. The molecule has 0 aliphatic rings. The summed E-state index contributed by atoms with van der Waals surface area (Å²) in [6.45, 7) is 1.31. The molecule has 6 nitrogen and oxygen atoms in total. The highest BCUT2D eigenvalue weighted by Gasteiger charge is 2.29. The minimum atomic E-state index is -3.03. The van der Waals surface area contributed by atoms with Crippen molar-refractivity contribution in [3.63, 3.8) is 0 Å². The van der Waals surface area contributed by atoms with Crippen LogP contribution in [-0.4, -0.2) is 15.8 Å². The highest BCUT2D eigenvalue weighted by atomic mass is 19.3. The number of nitrogens with zero attached hydrogens (tertiary/aromatic N) is 2. The number of hydrogen-bond acceptors (Lipinski definition) is 4. The van der Waals surface area contributed by atoms with Gasteiger partial charge in [0, 0.05) is 12.5 Å². The second-order valence-corrected chi connectivity index (χ2v) is 2.97. The molecule has 0 fully saturated rings. The van der Waals surface area contributed by atoms with Gasteiger partial charge in [0.05, 0.1) is 0 Å². The van der Waals surface area contributed by atoms with E-state index in [-0.39, 0.29) is 5.69 Å². The van der Waals surface area contributed by atoms with Crippen molar-refractivity contribution in [3.8, 4) is 0 Å². The minimum absolute atomic E-state index is 0.0204. The predicted molar refractivity (Wildman–Crippen MR) is 49.1 cm³/mol. The maximum atomic E-state index is 12.6. The fraction of sp³-hybridized carbons (Fsp3) is 0.250. The highest BCUT2D eigenvalue weighted by molar-refractivity contribution is 5.97. The zero-order chi connectivity index (χ0) is 12.5. The number of halogens is 2. The van der Waals surface area contributed by atoms with Gasteiger partial charge in [-0.1, -0.05) is 0 Å². The lowest BCUT2D eigenvalue weighted by Gasteiger charge is -2.06. The Labute approximate surface area is 88.2 Å². The molecule has 16 heavy (non-hydrogen) atoms. The fourth-order valence-electron chi connectivity index (χ4n) is 1.24. The first-order valence-electron chi connectivity index (χ1n) is 4.08. The van der Waals surface area contributed by atoms with E-state index in [2.05, 4.69) is 4.98 Å². The topological polar surface area (TPSA) is 99.1 Å². The van der Waals surface area contributed by atoms with Gasteiger partial charge in [0.1, 0.15) is 5.56 Å². The summed E-state index contributed by atoms with van der Waals surface area (Å²) < 4.78 is 25.1. The van der Waals surface area contributed by atoms with E-state index in [1.807, 2.05) is 0 Å². The first kappa shape index (κ1) is 12.0. The molecule has 0 aliphatic carbocycles. The van der Waals surface area contributed by atoms with Crippen LogP contribution in [0.25, 0.3) is 0 Å². The fourth-order valence-corrected chi connectivity index (χ4v) is 1.24. The summed E-state index contributed by atoms with van der Waals surface area (Å²) in [5.41, 5.74) is 3.23. The van der Waals surface area contributed by atoms with Crippen LogP contribution in [-0.2, 0) is 0 Å². The van der Waals surface area contributed by atoms with Gasteiger partial charge in [0.2, 0.25) is 0 Å². The van der Waals surface area contributed by atoms with Gasteiger partial charge in [-0.2, -0.15) is 0 Å². The smallest absolute Gasteiger partial charge is 0.365 e. The summed E-state index contributed by atoms with van der Waals surface area (Å²) in [5.74, 6) is -2.24. The van der Waals surface area contributed by atoms with Crippen LogP contribution >= 0.6 is 0 Å². The molecule has 0 saturated heterocycles. The lowest BCUT2D eigenvalue weighted by Crippen LogP contribution is -2.18. The van der Waals surface area contributed by atoms with E-state index in [4.69, 9.17) is 5.73 Å². The van der Waals surface area contributed by atoms with Crippen molar-refractivity contribution in [2.75, 3.05) is 0 Å². The Hall–Kier alpha value is -2.12. The zero-order valence-corrected chi connectivity index (χ0v) is 8.11. The number of primary amides is 1. The molecule has 0 bridgehead atoms. The largest absolute Gasteiger partial charge is 0.377 e. The van der Waals surface area contributed by atoms with E-state index < -0.39 is 34.2 Å². The van der Waals surface area contributed by atoms with Gasteiger partial charge in [-0.25, -0.2) is 8.78 Å². The van der Waals surface area contributed by atoms with Crippen molar-refractivity contribution in [2.24, 2.45) is 5.73 Å². The molecule has 1 aromatic heterocycles. The number of aryl methyl sites for hydroxylation is 1. The Balaban J connectivity index is 3.60. The van der Waals surface area contributed by atoms with Crippen molar-refractivity contribution >= 4 is 11.7 Å². The zero-order valence-electron chi connectivity index (χ0n) is 8.11. The van der Waals surface area contributed by atoms with E-state index in [1.54, 1.807) is 0 Å². The molecule has 8 heteroatoms. The molecule has 86 valence electrons. The van der Waals surface area contributed by atoms with Crippen LogP contribution in [0.1, 0.15) is 28.0 Å². The number of aromatic nitrogens is 1. The molecule has 1 aromatic rings. The Bertz CT molecular complexity index is 462. The standard InChI is InChI=1S/C8H7F2N3O3/c1-3-2-4(6(9)10)5(7(11)14)8(12-3)13(15)16/h2,6H,1H3,(H2,11,14). The Kier molecular flexibility index (Phi) is 3.11. The van der Waals surface area contributed by atoms with Crippen molar-refractivity contribution in [3.05, 3.63) is 33.0 Å². The van der Waals surface area contributed by atoms with Gasteiger partial charge in [0.25, 0.3) is 12.3 Å². The summed E-state index contributed by atoms with van der Waals surface area (Å²) in [4.78, 5) is 23.8. The number of nitro groups is 1. The van der Waals surface area contributed by atoms with Gasteiger partial charge >= 0.3 is 5.82 Å². The van der Waals surface area contributed by atoms with Gasteiger partial charge in [-0.15, -0.1) is 0 Å². The van der Waals surface area contributed by atoms with Crippen molar-refractivity contribution in [1.82, 2.24) is 4.98 Å². The van der Waals surface area contributed by atoms with Gasteiger partial charge in [-0.3, -0.25) is 4.79 Å². The Morgan fingerprint density at radius 2 is 2.19 bits per heavy atom. The SMILES string of the molecule is Cc1cc(C(F)F)c(C(N)=O)c([N+](=O)[O-])n1. The summed E-state index contributed by atoms with van der Waals surface area (Å²) in [6, 6.07) is 0.901. The molecule has 0 spiro atoms. The molecule has 1 amide bonds. The summed E-state index contributed by atoms with van der Waals surface area (Å²) in [6.07, 6.45) is -3.03. The molecule has 0 saturated carbocycles. The monoisotopic (exact) mass is 231 g/mol. The maximum Gasteiger partial charge on any atom is 0.377 e. The number of rotatable bonds is 3. The first-order valence-corrected chi connectivity index (χ1v) is 4.08. The van der Waals surface area contributed by atoms with Gasteiger partial charge in [0.15, 0.2) is 5.69 Å². The maximum absolute atomic E-state index is 12.6. The Morgan fingerprint density at radius 1 is 1.62 bits per heavy atom. The van der Waals surface area contributed by atoms with Crippen molar-refractivity contribution < 1.29 is 18.5 Å². The quantitative estimate of drug-likeness (QED) is 0.626. The number of nitrogens with two attached hydrogens (primary N) is 1. The number of carbonyl (C=O) groups excluding carboxylic acids is 1. The van der Waals surface area contributed by atoms with Crippen LogP contribution in [0.5, 0.6) is 0 Å². The van der Waals surface area contributed by atoms with E-state index in [0.717, 1.165) is 6.07 Å². The van der Waals surface area contributed by atoms with Crippen LogP contribution in [0.2, 0.25) is 0 Å². The molecule has 0 unspecified atom stereocenters. The third-order valence-corrected chi connectivity index (χ3v) is 1.81. The predicted octanol–water partition coefficient (Wildman–Crippen LogP) is 1.33. The molecule has 0 aromatic carbocycles.